The lowest BCUT2D eigenvalue weighted by molar-refractivity contribution is -0.145. The third kappa shape index (κ3) is 4.81. The lowest BCUT2D eigenvalue weighted by Gasteiger charge is -2.18. The molecule has 5 nitrogen and oxygen atoms in total. The van der Waals surface area contributed by atoms with Gasteiger partial charge in [-0.15, -0.1) is 0 Å². The van der Waals surface area contributed by atoms with Crippen molar-refractivity contribution in [3.8, 4) is 5.75 Å². The molecule has 0 radical (unpaired) electrons. The summed E-state index contributed by atoms with van der Waals surface area (Å²) in [5, 5.41) is 9.17. The van der Waals surface area contributed by atoms with Gasteiger partial charge in [-0.05, 0) is 31.9 Å². The van der Waals surface area contributed by atoms with E-state index in [0.717, 1.165) is 24.2 Å². The molecule has 0 aliphatic rings. The van der Waals surface area contributed by atoms with Crippen molar-refractivity contribution >= 4 is 5.97 Å². The van der Waals surface area contributed by atoms with Gasteiger partial charge in [0.2, 0.25) is 0 Å². The van der Waals surface area contributed by atoms with Gasteiger partial charge in [-0.1, -0.05) is 20.3 Å². The molecule has 0 fully saturated rings. The maximum atomic E-state index is 11.2. The average molecular weight is 280 g/mol. The Balaban J connectivity index is 2.94. The van der Waals surface area contributed by atoms with E-state index in [4.69, 9.17) is 15.6 Å². The fourth-order valence-electron chi connectivity index (χ4n) is 1.89. The number of nitrogens with two attached hydrogens (primary N) is 1. The second kappa shape index (κ2) is 7.85. The van der Waals surface area contributed by atoms with Crippen LogP contribution in [0.1, 0.15) is 44.5 Å². The van der Waals surface area contributed by atoms with E-state index in [1.54, 1.807) is 6.07 Å². The summed E-state index contributed by atoms with van der Waals surface area (Å²) in [7, 11) is 0. The molecule has 0 aromatic carbocycles. The molecular weight excluding hydrogens is 256 g/mol. The number of hydrogen-bond acceptors (Lipinski definition) is 4. The van der Waals surface area contributed by atoms with E-state index in [-0.39, 0.29) is 6.04 Å². The smallest absolute Gasteiger partial charge is 0.344 e. The minimum absolute atomic E-state index is 0.00102. The predicted octanol–water partition coefficient (Wildman–Crippen LogP) is 2.30. The zero-order valence-corrected chi connectivity index (χ0v) is 12.4. The minimum Gasteiger partial charge on any atom is -0.479 e. The van der Waals surface area contributed by atoms with Crippen LogP contribution in [0.4, 0.5) is 0 Å². The van der Waals surface area contributed by atoms with Crippen LogP contribution in [-0.2, 0) is 11.2 Å². The zero-order valence-electron chi connectivity index (χ0n) is 12.4. The third-order valence-corrected chi connectivity index (χ3v) is 3.15. The molecule has 0 bridgehead atoms. The van der Waals surface area contributed by atoms with E-state index in [2.05, 4.69) is 4.98 Å². The number of aromatic nitrogens is 1. The monoisotopic (exact) mass is 280 g/mol. The van der Waals surface area contributed by atoms with Gasteiger partial charge in [0.15, 0.2) is 6.10 Å². The normalized spacial score (nSPS) is 13.8. The number of nitrogens with zero attached hydrogens (tertiary/aromatic N) is 1. The second-order valence-corrected chi connectivity index (χ2v) is 5.00. The minimum atomic E-state index is -0.946. The molecule has 0 aliphatic carbocycles. The van der Waals surface area contributed by atoms with Crippen molar-refractivity contribution in [2.45, 2.75) is 58.6 Å². The van der Waals surface area contributed by atoms with E-state index in [1.807, 2.05) is 26.8 Å². The quantitative estimate of drug-likeness (QED) is 0.763. The first kappa shape index (κ1) is 16.4. The highest BCUT2D eigenvalue weighted by molar-refractivity contribution is 5.72. The fraction of sp³-hybridized carbons (Fsp3) is 0.600. The summed E-state index contributed by atoms with van der Waals surface area (Å²) < 4.78 is 5.63. The Morgan fingerprint density at radius 2 is 2.15 bits per heavy atom. The molecule has 0 saturated carbocycles. The Morgan fingerprint density at radius 1 is 1.45 bits per heavy atom. The van der Waals surface area contributed by atoms with Crippen LogP contribution in [0.2, 0.25) is 0 Å². The van der Waals surface area contributed by atoms with E-state index in [1.165, 1.54) is 0 Å². The van der Waals surface area contributed by atoms with Crippen LogP contribution in [0.15, 0.2) is 12.1 Å². The van der Waals surface area contributed by atoms with Crippen LogP contribution < -0.4 is 10.5 Å². The van der Waals surface area contributed by atoms with Gasteiger partial charge in [0.05, 0.1) is 5.69 Å². The molecule has 5 heteroatoms. The molecule has 112 valence electrons. The van der Waals surface area contributed by atoms with E-state index >= 15 is 0 Å². The molecule has 1 rings (SSSR count). The predicted molar refractivity (Wildman–Crippen MR) is 77.9 cm³/mol. The number of carboxylic acid groups (broad SMARTS) is 1. The van der Waals surface area contributed by atoms with Gasteiger partial charge < -0.3 is 15.6 Å². The van der Waals surface area contributed by atoms with Crippen LogP contribution in [0, 0.1) is 6.92 Å². The molecule has 3 N–H and O–H groups in total. The van der Waals surface area contributed by atoms with Gasteiger partial charge in [-0.2, -0.15) is 0 Å². The Bertz CT molecular complexity index is 449. The number of pyridine rings is 1. The zero-order chi connectivity index (χ0) is 15.1. The molecule has 2 atom stereocenters. The second-order valence-electron chi connectivity index (χ2n) is 5.00. The van der Waals surface area contributed by atoms with Gasteiger partial charge in [0.1, 0.15) is 5.75 Å². The summed E-state index contributed by atoms with van der Waals surface area (Å²) in [6.07, 6.45) is 1.82. The molecule has 1 aromatic heterocycles. The van der Waals surface area contributed by atoms with Crippen LogP contribution in [-0.4, -0.2) is 28.2 Å². The highest BCUT2D eigenvalue weighted by atomic mass is 16.5. The van der Waals surface area contributed by atoms with E-state index in [0.29, 0.717) is 18.6 Å². The molecule has 1 heterocycles. The van der Waals surface area contributed by atoms with Crippen molar-refractivity contribution in [2.24, 2.45) is 5.73 Å². The molecule has 2 unspecified atom stereocenters. The molecule has 0 spiro atoms. The molecular formula is C15H24N2O3. The number of rotatable bonds is 8. The highest BCUT2D eigenvalue weighted by Gasteiger charge is 2.20. The highest BCUT2D eigenvalue weighted by Crippen LogP contribution is 2.21. The number of ether oxygens (including phenoxy) is 1. The van der Waals surface area contributed by atoms with Gasteiger partial charge in [0, 0.05) is 18.2 Å². The van der Waals surface area contributed by atoms with Crippen LogP contribution >= 0.6 is 0 Å². The number of aryl methyl sites for hydroxylation is 1. The van der Waals surface area contributed by atoms with Gasteiger partial charge >= 0.3 is 5.97 Å². The van der Waals surface area contributed by atoms with E-state index < -0.39 is 12.1 Å². The van der Waals surface area contributed by atoms with Gasteiger partial charge in [0.25, 0.3) is 0 Å². The maximum absolute atomic E-state index is 11.2. The maximum Gasteiger partial charge on any atom is 0.344 e. The molecule has 20 heavy (non-hydrogen) atoms. The Labute approximate surface area is 120 Å². The van der Waals surface area contributed by atoms with Crippen molar-refractivity contribution in [3.05, 3.63) is 23.5 Å². The number of carboxylic acids is 1. The molecule has 0 amide bonds. The summed E-state index contributed by atoms with van der Waals surface area (Å²) in [6.45, 7) is 5.84. The Hall–Kier alpha value is -1.62. The molecule has 1 aromatic rings. The lowest BCUT2D eigenvalue weighted by atomic mass is 10.1. The summed E-state index contributed by atoms with van der Waals surface area (Å²) in [5.41, 5.74) is 7.57. The van der Waals surface area contributed by atoms with Gasteiger partial charge in [-0.25, -0.2) is 4.79 Å². The van der Waals surface area contributed by atoms with Gasteiger partial charge in [-0.3, -0.25) is 4.98 Å². The summed E-state index contributed by atoms with van der Waals surface area (Å²) in [6, 6.07) is 3.60. The van der Waals surface area contributed by atoms with Crippen molar-refractivity contribution < 1.29 is 14.6 Å². The molecule has 0 aliphatic heterocycles. The number of hydrogen-bond donors (Lipinski definition) is 2. The first-order chi connectivity index (χ1) is 9.47. The van der Waals surface area contributed by atoms with Crippen molar-refractivity contribution in [1.82, 2.24) is 4.98 Å². The van der Waals surface area contributed by atoms with Crippen molar-refractivity contribution in [3.63, 3.8) is 0 Å². The standard InChI is InChI=1S/C15H24N2O3/c1-4-6-14(15(18)19)20-13-8-7-10(3)17-12(13)9-11(16)5-2/h7-8,11,14H,4-6,9,16H2,1-3H3,(H,18,19). The number of carbonyl (C=O) groups is 1. The first-order valence-corrected chi connectivity index (χ1v) is 7.09. The van der Waals surface area contributed by atoms with Crippen molar-refractivity contribution in [2.75, 3.05) is 0 Å². The topological polar surface area (TPSA) is 85.4 Å². The number of aliphatic carboxylic acids is 1. The van der Waals surface area contributed by atoms with Crippen molar-refractivity contribution in [1.29, 1.82) is 0 Å². The Kier molecular flexibility index (Phi) is 6.45. The third-order valence-electron chi connectivity index (χ3n) is 3.15. The summed E-state index contributed by atoms with van der Waals surface area (Å²) in [5.74, 6) is -0.418. The van der Waals surface area contributed by atoms with Crippen LogP contribution in [0.25, 0.3) is 0 Å². The Morgan fingerprint density at radius 3 is 2.70 bits per heavy atom. The van der Waals surface area contributed by atoms with Crippen LogP contribution in [0.5, 0.6) is 5.75 Å². The first-order valence-electron chi connectivity index (χ1n) is 7.09. The summed E-state index contributed by atoms with van der Waals surface area (Å²) >= 11 is 0. The van der Waals surface area contributed by atoms with Crippen LogP contribution in [0.3, 0.4) is 0 Å². The lowest BCUT2D eigenvalue weighted by Crippen LogP contribution is -2.28. The average Bonchev–Trinajstić information content (AvgIpc) is 2.40. The largest absolute Gasteiger partial charge is 0.479 e. The van der Waals surface area contributed by atoms with E-state index in [9.17, 15) is 4.79 Å². The SMILES string of the molecule is CCCC(Oc1ccc(C)nc1CC(N)CC)C(=O)O. The molecule has 0 saturated heterocycles. The fourth-order valence-corrected chi connectivity index (χ4v) is 1.89. The summed E-state index contributed by atoms with van der Waals surface area (Å²) in [4.78, 5) is 15.6.